The van der Waals surface area contributed by atoms with Gasteiger partial charge in [-0.25, -0.2) is 4.79 Å². The molecule has 0 aromatic rings. The number of nitrogens with one attached hydrogen (secondary N) is 1. The molecular weight excluding hydrogens is 218 g/mol. The average Bonchev–Trinajstić information content (AvgIpc) is 2.14. The molecule has 0 unspecified atom stereocenters. The zero-order valence-corrected chi connectivity index (χ0v) is 11.2. The van der Waals surface area contributed by atoms with Gasteiger partial charge in [-0.05, 0) is 39.5 Å². The number of hydrogen-bond acceptors (Lipinski definition) is 3. The number of rotatable bonds is 2. The highest BCUT2D eigenvalue weighted by Crippen LogP contribution is 2.28. The summed E-state index contributed by atoms with van der Waals surface area (Å²) >= 11 is 0. The molecule has 0 aliphatic heterocycles. The van der Waals surface area contributed by atoms with Gasteiger partial charge in [0.2, 0.25) is 0 Å². The van der Waals surface area contributed by atoms with Crippen molar-refractivity contribution in [3.8, 4) is 0 Å². The molecular formula is C13H23NO3. The van der Waals surface area contributed by atoms with Crippen LogP contribution in [0.5, 0.6) is 0 Å². The molecule has 1 aliphatic rings. The lowest BCUT2D eigenvalue weighted by molar-refractivity contribution is -0.114. The van der Waals surface area contributed by atoms with Crippen LogP contribution in [0.15, 0.2) is 0 Å². The maximum Gasteiger partial charge on any atom is 0.407 e. The van der Waals surface area contributed by atoms with E-state index in [1.165, 1.54) is 0 Å². The van der Waals surface area contributed by atoms with Crippen molar-refractivity contribution in [1.29, 1.82) is 0 Å². The third kappa shape index (κ3) is 4.36. The highest BCUT2D eigenvalue weighted by Gasteiger charge is 2.32. The van der Waals surface area contributed by atoms with E-state index in [4.69, 9.17) is 4.74 Å². The molecule has 1 amide bonds. The van der Waals surface area contributed by atoms with Crippen LogP contribution in [0, 0.1) is 11.8 Å². The fourth-order valence-corrected chi connectivity index (χ4v) is 2.30. The molecule has 3 atom stereocenters. The minimum atomic E-state index is -0.499. The Balaban J connectivity index is 2.54. The van der Waals surface area contributed by atoms with E-state index < -0.39 is 11.7 Å². The molecule has 0 aromatic carbocycles. The van der Waals surface area contributed by atoms with Crippen LogP contribution in [0.3, 0.4) is 0 Å². The normalized spacial score (nSPS) is 29.5. The number of carbonyl (C=O) groups is 2. The van der Waals surface area contributed by atoms with Crippen LogP contribution >= 0.6 is 0 Å². The van der Waals surface area contributed by atoms with Crippen molar-refractivity contribution < 1.29 is 14.3 Å². The average molecular weight is 241 g/mol. The van der Waals surface area contributed by atoms with Gasteiger partial charge >= 0.3 is 6.09 Å². The molecule has 0 saturated heterocycles. The molecule has 0 aromatic heterocycles. The van der Waals surface area contributed by atoms with E-state index in [0.717, 1.165) is 25.5 Å². The van der Waals surface area contributed by atoms with E-state index in [1.54, 1.807) is 0 Å². The zero-order valence-electron chi connectivity index (χ0n) is 11.2. The molecule has 1 saturated carbocycles. The minimum Gasteiger partial charge on any atom is -0.444 e. The number of amides is 1. The Hall–Kier alpha value is -1.06. The van der Waals surface area contributed by atoms with Crippen LogP contribution in [0.1, 0.15) is 47.0 Å². The van der Waals surface area contributed by atoms with Gasteiger partial charge in [0.1, 0.15) is 11.9 Å². The van der Waals surface area contributed by atoms with Gasteiger partial charge in [0, 0.05) is 12.0 Å². The molecule has 4 nitrogen and oxygen atoms in total. The Morgan fingerprint density at radius 2 is 2.00 bits per heavy atom. The van der Waals surface area contributed by atoms with Gasteiger partial charge in [0.05, 0.1) is 0 Å². The molecule has 1 fully saturated rings. The smallest absolute Gasteiger partial charge is 0.407 e. The Kier molecular flexibility index (Phi) is 4.54. The maximum atomic E-state index is 11.6. The molecule has 1 aliphatic carbocycles. The number of aldehydes is 1. The lowest BCUT2D eigenvalue weighted by Crippen LogP contribution is -2.47. The van der Waals surface area contributed by atoms with Gasteiger partial charge < -0.3 is 14.8 Å². The summed E-state index contributed by atoms with van der Waals surface area (Å²) in [6.45, 7) is 7.54. The van der Waals surface area contributed by atoms with Crippen LogP contribution in [-0.4, -0.2) is 24.0 Å². The van der Waals surface area contributed by atoms with Gasteiger partial charge in [-0.1, -0.05) is 13.3 Å². The van der Waals surface area contributed by atoms with Crippen molar-refractivity contribution in [3.63, 3.8) is 0 Å². The third-order valence-electron chi connectivity index (χ3n) is 3.16. The molecule has 0 bridgehead atoms. The second-order valence-corrected chi connectivity index (χ2v) is 5.87. The van der Waals surface area contributed by atoms with E-state index in [-0.39, 0.29) is 12.0 Å². The summed E-state index contributed by atoms with van der Waals surface area (Å²) < 4.78 is 5.20. The van der Waals surface area contributed by atoms with E-state index in [9.17, 15) is 9.59 Å². The minimum absolute atomic E-state index is 0.0777. The summed E-state index contributed by atoms with van der Waals surface area (Å²) in [5.41, 5.74) is -0.499. The van der Waals surface area contributed by atoms with Gasteiger partial charge in [-0.15, -0.1) is 0 Å². The van der Waals surface area contributed by atoms with Gasteiger partial charge in [-0.3, -0.25) is 0 Å². The molecule has 1 N–H and O–H groups in total. The van der Waals surface area contributed by atoms with Gasteiger partial charge in [0.25, 0.3) is 0 Å². The Bertz CT molecular complexity index is 283. The van der Waals surface area contributed by atoms with Crippen LogP contribution < -0.4 is 5.32 Å². The summed E-state index contributed by atoms with van der Waals surface area (Å²) in [6, 6.07) is -0.0777. The monoisotopic (exact) mass is 241 g/mol. The summed E-state index contributed by atoms with van der Waals surface area (Å²) in [4.78, 5) is 22.7. The maximum absolute atomic E-state index is 11.6. The van der Waals surface area contributed by atoms with Crippen LogP contribution in [0.2, 0.25) is 0 Å². The van der Waals surface area contributed by atoms with E-state index in [0.29, 0.717) is 5.92 Å². The second kappa shape index (κ2) is 5.52. The number of alkyl carbamates (subject to hydrolysis) is 1. The first-order valence-corrected chi connectivity index (χ1v) is 6.28. The summed E-state index contributed by atoms with van der Waals surface area (Å²) in [7, 11) is 0. The van der Waals surface area contributed by atoms with Gasteiger partial charge in [-0.2, -0.15) is 0 Å². The fraction of sp³-hybridized carbons (Fsp3) is 0.846. The molecule has 98 valence electrons. The molecule has 0 spiro atoms. The molecule has 17 heavy (non-hydrogen) atoms. The predicted molar refractivity (Wildman–Crippen MR) is 65.7 cm³/mol. The number of ether oxygens (including phenoxy) is 1. The molecule has 0 heterocycles. The third-order valence-corrected chi connectivity index (χ3v) is 3.16. The van der Waals surface area contributed by atoms with E-state index >= 15 is 0 Å². The van der Waals surface area contributed by atoms with E-state index in [2.05, 4.69) is 12.2 Å². The second-order valence-electron chi connectivity index (χ2n) is 5.87. The predicted octanol–water partition coefficient (Wildman–Crippen LogP) is 2.51. The lowest BCUT2D eigenvalue weighted by atomic mass is 9.78. The first-order valence-electron chi connectivity index (χ1n) is 6.28. The van der Waals surface area contributed by atoms with Crippen molar-refractivity contribution in [3.05, 3.63) is 0 Å². The van der Waals surface area contributed by atoms with Gasteiger partial charge in [0.15, 0.2) is 0 Å². The zero-order chi connectivity index (χ0) is 13.1. The highest BCUT2D eigenvalue weighted by atomic mass is 16.6. The molecule has 0 radical (unpaired) electrons. The van der Waals surface area contributed by atoms with Crippen LogP contribution in [0.4, 0.5) is 4.79 Å². The standard InChI is InChI=1S/C13H23NO3/c1-9-6-5-7-11(10(9)8-15)14-12(16)17-13(2,3)4/h8-11H,5-7H2,1-4H3,(H,14,16)/t9-,10+,11-/m0/s1. The van der Waals surface area contributed by atoms with Crippen molar-refractivity contribution in [1.82, 2.24) is 5.32 Å². The lowest BCUT2D eigenvalue weighted by Gasteiger charge is -2.33. The van der Waals surface area contributed by atoms with Crippen molar-refractivity contribution in [2.75, 3.05) is 0 Å². The largest absolute Gasteiger partial charge is 0.444 e. The number of carbonyl (C=O) groups excluding carboxylic acids is 2. The quantitative estimate of drug-likeness (QED) is 0.756. The number of hydrogen-bond donors (Lipinski definition) is 1. The first-order chi connectivity index (χ1) is 7.83. The summed E-state index contributed by atoms with van der Waals surface area (Å²) in [6.07, 6.45) is 3.49. The van der Waals surface area contributed by atoms with Crippen molar-refractivity contribution in [2.24, 2.45) is 11.8 Å². The van der Waals surface area contributed by atoms with Crippen LogP contribution in [-0.2, 0) is 9.53 Å². The molecule has 1 rings (SSSR count). The molecule has 4 heteroatoms. The summed E-state index contributed by atoms with van der Waals surface area (Å²) in [5.74, 6) is 0.248. The summed E-state index contributed by atoms with van der Waals surface area (Å²) in [5, 5.41) is 2.81. The Morgan fingerprint density at radius 1 is 1.35 bits per heavy atom. The van der Waals surface area contributed by atoms with Crippen molar-refractivity contribution in [2.45, 2.75) is 58.6 Å². The highest BCUT2D eigenvalue weighted by molar-refractivity contribution is 5.69. The van der Waals surface area contributed by atoms with Crippen LogP contribution in [0.25, 0.3) is 0 Å². The Labute approximate surface area is 103 Å². The fourth-order valence-electron chi connectivity index (χ4n) is 2.30. The Morgan fingerprint density at radius 3 is 2.53 bits per heavy atom. The van der Waals surface area contributed by atoms with E-state index in [1.807, 2.05) is 20.8 Å². The van der Waals surface area contributed by atoms with Crippen molar-refractivity contribution >= 4 is 12.4 Å². The topological polar surface area (TPSA) is 55.4 Å². The first kappa shape index (κ1) is 14.0. The SMILES string of the molecule is C[C@H]1CCC[C@H](NC(=O)OC(C)(C)C)[C@@H]1C=O.